The van der Waals surface area contributed by atoms with Gasteiger partial charge in [0.2, 0.25) is 17.2 Å². The molecule has 25 heavy (non-hydrogen) atoms. The predicted octanol–water partition coefficient (Wildman–Crippen LogP) is 3.29. The van der Waals surface area contributed by atoms with Crippen molar-refractivity contribution >= 4 is 18.9 Å². The minimum Gasteiger partial charge on any atom is -0.493 e. The third-order valence-corrected chi connectivity index (χ3v) is 5.34. The molecule has 0 bridgehead atoms. The molecule has 0 aliphatic rings. The fourth-order valence-electron chi connectivity index (χ4n) is 2.25. The molecule has 8 nitrogen and oxygen atoms in total. The maximum absolute atomic E-state index is 13.0. The highest BCUT2D eigenvalue weighted by molar-refractivity contribution is 7.62. The van der Waals surface area contributed by atoms with Crippen molar-refractivity contribution in [3.63, 3.8) is 0 Å². The number of oxazole rings is 1. The summed E-state index contributed by atoms with van der Waals surface area (Å²) >= 11 is 0. The van der Waals surface area contributed by atoms with E-state index in [4.69, 9.17) is 22.9 Å². The number of hydrogen-bond donors (Lipinski definition) is 1. The summed E-state index contributed by atoms with van der Waals surface area (Å²) in [4.78, 5) is 4.35. The molecular weight excluding hydrogens is 347 g/mol. The highest BCUT2D eigenvalue weighted by Gasteiger charge is 2.35. The van der Waals surface area contributed by atoms with E-state index in [-0.39, 0.29) is 30.4 Å². The Morgan fingerprint density at radius 2 is 1.76 bits per heavy atom. The SMILES string of the molecule is CCOP(=O)(OCC)c1nc(-c2ccc(OC)c(OC)c2)oc1NC. The Balaban J connectivity index is 2.52. The van der Waals surface area contributed by atoms with Crippen LogP contribution in [0.2, 0.25) is 0 Å². The van der Waals surface area contributed by atoms with Crippen LogP contribution in [0.1, 0.15) is 13.8 Å². The number of anilines is 1. The second-order valence-electron chi connectivity index (χ2n) is 4.82. The lowest BCUT2D eigenvalue weighted by Gasteiger charge is -2.14. The first kappa shape index (κ1) is 19.3. The fourth-order valence-corrected chi connectivity index (χ4v) is 3.87. The van der Waals surface area contributed by atoms with Crippen molar-refractivity contribution in [3.8, 4) is 23.0 Å². The molecule has 1 heterocycles. The highest BCUT2D eigenvalue weighted by Crippen LogP contribution is 2.49. The van der Waals surface area contributed by atoms with Gasteiger partial charge in [0, 0.05) is 12.6 Å². The number of aromatic nitrogens is 1. The van der Waals surface area contributed by atoms with Crippen LogP contribution in [0, 0.1) is 0 Å². The van der Waals surface area contributed by atoms with Gasteiger partial charge in [-0.05, 0) is 32.0 Å². The Hall–Kier alpha value is -2.02. The van der Waals surface area contributed by atoms with Crippen LogP contribution in [-0.4, -0.2) is 39.5 Å². The average Bonchev–Trinajstić information content (AvgIpc) is 3.06. The van der Waals surface area contributed by atoms with Gasteiger partial charge in [-0.1, -0.05) is 0 Å². The summed E-state index contributed by atoms with van der Waals surface area (Å²) in [6.45, 7) is 3.91. The van der Waals surface area contributed by atoms with Gasteiger partial charge in [-0.3, -0.25) is 4.57 Å². The summed E-state index contributed by atoms with van der Waals surface area (Å²) < 4.78 is 39.9. The Morgan fingerprint density at radius 1 is 1.12 bits per heavy atom. The van der Waals surface area contributed by atoms with E-state index in [2.05, 4.69) is 10.3 Å². The molecule has 0 atom stereocenters. The van der Waals surface area contributed by atoms with Gasteiger partial charge >= 0.3 is 7.60 Å². The van der Waals surface area contributed by atoms with Crippen LogP contribution in [0.4, 0.5) is 5.88 Å². The first-order valence-electron chi connectivity index (χ1n) is 7.83. The van der Waals surface area contributed by atoms with E-state index >= 15 is 0 Å². The number of benzene rings is 1. The molecule has 1 aromatic carbocycles. The van der Waals surface area contributed by atoms with Crippen LogP contribution in [0.15, 0.2) is 22.6 Å². The standard InChI is InChI=1S/C16H23N2O6P/c1-6-22-25(19,23-7-2)16-15(17-3)24-14(18-16)11-8-9-12(20-4)13(10-11)21-5/h8-10,17H,6-7H2,1-5H3. The van der Waals surface area contributed by atoms with Crippen LogP contribution >= 0.6 is 7.60 Å². The topological polar surface area (TPSA) is 92.1 Å². The number of nitrogens with one attached hydrogen (secondary N) is 1. The Bertz CT molecular complexity index is 751. The Morgan fingerprint density at radius 3 is 2.28 bits per heavy atom. The van der Waals surface area contributed by atoms with Crippen molar-refractivity contribution in [1.82, 2.24) is 4.98 Å². The van der Waals surface area contributed by atoms with Crippen LogP contribution in [0.3, 0.4) is 0 Å². The average molecular weight is 370 g/mol. The van der Waals surface area contributed by atoms with Crippen LogP contribution < -0.4 is 20.2 Å². The monoisotopic (exact) mass is 370 g/mol. The molecule has 9 heteroatoms. The number of ether oxygens (including phenoxy) is 2. The lowest BCUT2D eigenvalue weighted by molar-refractivity contribution is 0.229. The Kier molecular flexibility index (Phi) is 6.47. The molecule has 0 radical (unpaired) electrons. The maximum Gasteiger partial charge on any atom is 0.385 e. The molecule has 2 aromatic rings. The lowest BCUT2D eigenvalue weighted by Crippen LogP contribution is -2.15. The largest absolute Gasteiger partial charge is 0.493 e. The second-order valence-corrected chi connectivity index (χ2v) is 6.76. The Labute approximate surface area is 147 Å². The van der Waals surface area contributed by atoms with Gasteiger partial charge in [-0.2, -0.15) is 4.98 Å². The quantitative estimate of drug-likeness (QED) is 0.672. The van der Waals surface area contributed by atoms with Gasteiger partial charge in [-0.25, -0.2) is 0 Å². The van der Waals surface area contributed by atoms with E-state index in [0.717, 1.165) is 0 Å². The van der Waals surface area contributed by atoms with E-state index in [1.165, 1.54) is 0 Å². The maximum atomic E-state index is 13.0. The zero-order chi connectivity index (χ0) is 18.4. The third-order valence-electron chi connectivity index (χ3n) is 3.32. The second kappa shape index (κ2) is 8.38. The van der Waals surface area contributed by atoms with E-state index in [9.17, 15) is 4.57 Å². The zero-order valence-corrected chi connectivity index (χ0v) is 15.9. The smallest absolute Gasteiger partial charge is 0.385 e. The molecule has 0 aliphatic heterocycles. The molecule has 0 unspecified atom stereocenters. The van der Waals surface area contributed by atoms with E-state index in [0.29, 0.717) is 17.1 Å². The number of methoxy groups -OCH3 is 2. The highest BCUT2D eigenvalue weighted by atomic mass is 31.2. The molecule has 1 N–H and O–H groups in total. The van der Waals surface area contributed by atoms with E-state index < -0.39 is 7.60 Å². The summed E-state index contributed by atoms with van der Waals surface area (Å²) in [5.41, 5.74) is 0.753. The fraction of sp³-hybridized carbons (Fsp3) is 0.438. The summed E-state index contributed by atoms with van der Waals surface area (Å²) in [5, 5.41) is 2.84. The van der Waals surface area contributed by atoms with Gasteiger partial charge in [0.25, 0.3) is 0 Å². The molecule has 138 valence electrons. The van der Waals surface area contributed by atoms with Crippen LogP contribution in [0.25, 0.3) is 11.5 Å². The first-order chi connectivity index (χ1) is 12.0. The summed E-state index contributed by atoms with van der Waals surface area (Å²) in [5.74, 6) is 1.61. The van der Waals surface area contributed by atoms with E-state index in [1.54, 1.807) is 53.3 Å². The van der Waals surface area contributed by atoms with Gasteiger partial charge < -0.3 is 28.3 Å². The van der Waals surface area contributed by atoms with Crippen molar-refractivity contribution in [2.75, 3.05) is 39.8 Å². The van der Waals surface area contributed by atoms with Crippen molar-refractivity contribution < 1.29 is 27.5 Å². The molecule has 0 saturated heterocycles. The van der Waals surface area contributed by atoms with Crippen molar-refractivity contribution in [1.29, 1.82) is 0 Å². The third kappa shape index (κ3) is 3.98. The van der Waals surface area contributed by atoms with Gasteiger partial charge in [0.1, 0.15) is 0 Å². The molecule has 2 rings (SSSR count). The molecule has 0 aliphatic carbocycles. The van der Waals surface area contributed by atoms with Crippen molar-refractivity contribution in [3.05, 3.63) is 18.2 Å². The van der Waals surface area contributed by atoms with Crippen molar-refractivity contribution in [2.24, 2.45) is 0 Å². The first-order valence-corrected chi connectivity index (χ1v) is 9.37. The molecule has 0 saturated carbocycles. The molecule has 1 aromatic heterocycles. The number of nitrogens with zero attached hydrogens (tertiary/aromatic N) is 1. The summed E-state index contributed by atoms with van der Waals surface area (Å²) in [6, 6.07) is 5.23. The summed E-state index contributed by atoms with van der Waals surface area (Å²) in [6.07, 6.45) is 0. The lowest BCUT2D eigenvalue weighted by atomic mass is 10.2. The van der Waals surface area contributed by atoms with Crippen LogP contribution in [0.5, 0.6) is 11.5 Å². The van der Waals surface area contributed by atoms with Crippen LogP contribution in [-0.2, 0) is 13.6 Å². The number of rotatable bonds is 9. The van der Waals surface area contributed by atoms with E-state index in [1.807, 2.05) is 0 Å². The predicted molar refractivity (Wildman–Crippen MR) is 95.1 cm³/mol. The minimum absolute atomic E-state index is 0.114. The summed E-state index contributed by atoms with van der Waals surface area (Å²) in [7, 11) is 1.16. The molecule has 0 amide bonds. The molecule has 0 spiro atoms. The van der Waals surface area contributed by atoms with Gasteiger partial charge in [-0.15, -0.1) is 0 Å². The molecular formula is C16H23N2O6P. The van der Waals surface area contributed by atoms with Gasteiger partial charge in [0.05, 0.1) is 27.4 Å². The van der Waals surface area contributed by atoms with Gasteiger partial charge in [0.15, 0.2) is 11.5 Å². The number of hydrogen-bond acceptors (Lipinski definition) is 8. The molecule has 0 fully saturated rings. The van der Waals surface area contributed by atoms with Crippen molar-refractivity contribution in [2.45, 2.75) is 13.8 Å². The normalized spacial score (nSPS) is 11.4. The zero-order valence-electron chi connectivity index (χ0n) is 15.0. The minimum atomic E-state index is -3.58.